The third-order valence-corrected chi connectivity index (χ3v) is 12.1. The zero-order valence-electron chi connectivity index (χ0n) is 25.1. The Morgan fingerprint density at radius 2 is 1.67 bits per heavy atom. The summed E-state index contributed by atoms with van der Waals surface area (Å²) in [6, 6.07) is 12.4. The number of likely N-dealkylation sites (tertiary alicyclic amines) is 1. The number of ether oxygens (including phenoxy) is 1. The molecule has 2 atom stereocenters. The second kappa shape index (κ2) is 13.7. The number of sulfone groups is 1. The quantitative estimate of drug-likeness (QED) is 0.160. The first-order chi connectivity index (χ1) is 21.9. The number of carboxylic acid groups (broad SMARTS) is 1. The lowest BCUT2D eigenvalue weighted by molar-refractivity contribution is -0.138. The van der Waals surface area contributed by atoms with Crippen LogP contribution < -0.4 is 4.74 Å². The first kappa shape index (κ1) is 33.8. The van der Waals surface area contributed by atoms with Crippen LogP contribution in [0.1, 0.15) is 67.2 Å². The number of alkyl halides is 3. The minimum absolute atomic E-state index is 0.0609. The molecule has 2 fully saturated rings. The molecule has 3 aliphatic rings. The fourth-order valence-electron chi connectivity index (χ4n) is 7.56. The van der Waals surface area contributed by atoms with Gasteiger partial charge in [0.25, 0.3) is 6.47 Å². The Morgan fingerprint density at radius 1 is 0.978 bits per heavy atom. The molecule has 248 valence electrons. The Labute approximate surface area is 265 Å². The van der Waals surface area contributed by atoms with Crippen LogP contribution in [0.4, 0.5) is 22.0 Å². The second-order valence-electron chi connectivity index (χ2n) is 12.1. The minimum Gasteiger partial charge on any atom is -0.489 e. The molecule has 46 heavy (non-hydrogen) atoms. The molecule has 2 unspecified atom stereocenters. The van der Waals surface area contributed by atoms with Crippen molar-refractivity contribution >= 4 is 16.3 Å². The molecule has 3 aromatic carbocycles. The topological polar surface area (TPSA) is 83.9 Å². The standard InChI is InChI=1S/C33H34F5NO3S.CH2O2/c34-24-10-13-26(14-11-24)43(40,41)32-17-18-39(20-22-5-2-1-3-6-22)31(32)16-9-23-19-25(12-15-28(23)32)42-21-27-29(33(36,37)38)7-4-8-30(27)35;2-1-3/h4,7-8,10-15,19,22,31H,1-3,5-6,9,16-18,20-21H2;1H,(H,2,3). The minimum atomic E-state index is -4.74. The number of hydrogen-bond acceptors (Lipinski definition) is 5. The molecular weight excluding hydrogens is 629 g/mol. The molecule has 12 heteroatoms. The number of halogens is 5. The van der Waals surface area contributed by atoms with E-state index in [1.165, 1.54) is 31.4 Å². The van der Waals surface area contributed by atoms with E-state index in [1.54, 1.807) is 18.2 Å². The van der Waals surface area contributed by atoms with E-state index >= 15 is 0 Å². The van der Waals surface area contributed by atoms with E-state index in [4.69, 9.17) is 14.6 Å². The third kappa shape index (κ3) is 6.51. The summed E-state index contributed by atoms with van der Waals surface area (Å²) in [6.07, 6.45) is 2.65. The molecule has 3 aromatic rings. The maximum atomic E-state index is 14.5. The lowest BCUT2D eigenvalue weighted by atomic mass is 9.78. The normalized spacial score (nSPS) is 21.9. The number of benzene rings is 3. The fourth-order valence-corrected chi connectivity index (χ4v) is 9.95. The van der Waals surface area contributed by atoms with Gasteiger partial charge in [-0.3, -0.25) is 9.69 Å². The molecule has 0 bridgehead atoms. The monoisotopic (exact) mass is 665 g/mol. The maximum Gasteiger partial charge on any atom is 0.416 e. The molecule has 0 aromatic heterocycles. The summed E-state index contributed by atoms with van der Waals surface area (Å²) in [5.74, 6) is -0.771. The van der Waals surface area contributed by atoms with Gasteiger partial charge in [-0.2, -0.15) is 13.2 Å². The van der Waals surface area contributed by atoms with Gasteiger partial charge in [0.2, 0.25) is 0 Å². The summed E-state index contributed by atoms with van der Waals surface area (Å²) in [5, 5.41) is 6.89. The average Bonchev–Trinajstić information content (AvgIpc) is 3.41. The summed E-state index contributed by atoms with van der Waals surface area (Å²) in [6.45, 7) is 0.579. The second-order valence-corrected chi connectivity index (χ2v) is 14.3. The number of aryl methyl sites for hydroxylation is 1. The van der Waals surface area contributed by atoms with Crippen molar-refractivity contribution in [1.82, 2.24) is 4.90 Å². The van der Waals surface area contributed by atoms with E-state index in [-0.39, 0.29) is 23.2 Å². The number of carbonyl (C=O) groups is 1. The van der Waals surface area contributed by atoms with Gasteiger partial charge in [-0.25, -0.2) is 17.2 Å². The molecule has 0 spiro atoms. The van der Waals surface area contributed by atoms with E-state index < -0.39 is 50.1 Å². The highest BCUT2D eigenvalue weighted by Crippen LogP contribution is 2.53. The van der Waals surface area contributed by atoms with Crippen LogP contribution >= 0.6 is 0 Å². The zero-order valence-corrected chi connectivity index (χ0v) is 25.9. The maximum absolute atomic E-state index is 14.5. The SMILES string of the molecule is O=CO.O=S(=O)(c1ccc(F)cc1)C12CCN(CC3CCCCC3)C1CCc1cc(OCc3c(F)cccc3C(F)(F)F)ccc12. The Bertz CT molecular complexity index is 1640. The Kier molecular flexibility index (Phi) is 10.1. The largest absolute Gasteiger partial charge is 0.489 e. The van der Waals surface area contributed by atoms with Crippen LogP contribution in [0.3, 0.4) is 0 Å². The predicted molar refractivity (Wildman–Crippen MR) is 161 cm³/mol. The molecule has 6 nitrogen and oxygen atoms in total. The number of rotatable bonds is 7. The van der Waals surface area contributed by atoms with Crippen LogP contribution in [0.2, 0.25) is 0 Å². The van der Waals surface area contributed by atoms with Crippen molar-refractivity contribution in [2.45, 2.75) is 79.8 Å². The van der Waals surface area contributed by atoms with Crippen molar-refractivity contribution in [2.75, 3.05) is 13.1 Å². The summed E-state index contributed by atoms with van der Waals surface area (Å²) >= 11 is 0. The van der Waals surface area contributed by atoms with Gasteiger partial charge < -0.3 is 9.84 Å². The van der Waals surface area contributed by atoms with Crippen molar-refractivity contribution in [1.29, 1.82) is 0 Å². The van der Waals surface area contributed by atoms with Gasteiger partial charge in [-0.15, -0.1) is 0 Å². The highest BCUT2D eigenvalue weighted by atomic mass is 32.2. The van der Waals surface area contributed by atoms with Crippen molar-refractivity contribution in [3.63, 3.8) is 0 Å². The van der Waals surface area contributed by atoms with Crippen LogP contribution in [0.25, 0.3) is 0 Å². The van der Waals surface area contributed by atoms with Gasteiger partial charge in [0, 0.05) is 24.7 Å². The molecule has 1 saturated carbocycles. The first-order valence-corrected chi connectivity index (χ1v) is 16.8. The summed E-state index contributed by atoms with van der Waals surface area (Å²) in [7, 11) is -3.98. The molecule has 1 saturated heterocycles. The fraction of sp³-hybridized carbons (Fsp3) is 0.441. The molecule has 0 amide bonds. The molecule has 2 aliphatic carbocycles. The van der Waals surface area contributed by atoms with E-state index in [1.807, 2.05) is 0 Å². The Balaban J connectivity index is 0.00000134. The molecule has 1 aliphatic heterocycles. The van der Waals surface area contributed by atoms with Crippen LogP contribution in [-0.4, -0.2) is 44.0 Å². The van der Waals surface area contributed by atoms with Crippen LogP contribution in [0.15, 0.2) is 65.6 Å². The number of fused-ring (bicyclic) bond motifs is 3. The Hall–Kier alpha value is -3.51. The van der Waals surface area contributed by atoms with Crippen LogP contribution in [0.5, 0.6) is 5.75 Å². The highest BCUT2D eigenvalue weighted by molar-refractivity contribution is 7.92. The summed E-state index contributed by atoms with van der Waals surface area (Å²) in [5.41, 5.74) is -0.295. The van der Waals surface area contributed by atoms with E-state index in [9.17, 15) is 30.4 Å². The van der Waals surface area contributed by atoms with Crippen molar-refractivity contribution in [3.05, 3.63) is 94.6 Å². The van der Waals surface area contributed by atoms with E-state index in [2.05, 4.69) is 4.90 Å². The molecule has 1 N–H and O–H groups in total. The van der Waals surface area contributed by atoms with E-state index in [0.29, 0.717) is 37.3 Å². The first-order valence-electron chi connectivity index (χ1n) is 15.3. The number of nitrogens with zero attached hydrogens (tertiary/aromatic N) is 1. The average molecular weight is 666 g/mol. The molecule has 0 radical (unpaired) electrons. The Morgan fingerprint density at radius 3 is 2.35 bits per heavy atom. The van der Waals surface area contributed by atoms with Gasteiger partial charge in [0.1, 0.15) is 28.7 Å². The molecular formula is C34H36F5NO5S. The lowest BCUT2D eigenvalue weighted by Crippen LogP contribution is -2.51. The van der Waals surface area contributed by atoms with Crippen molar-refractivity contribution in [2.24, 2.45) is 5.92 Å². The molecule has 1 heterocycles. The number of hydrogen-bond donors (Lipinski definition) is 1. The van der Waals surface area contributed by atoms with Gasteiger partial charge in [-0.05, 0) is 97.7 Å². The smallest absolute Gasteiger partial charge is 0.416 e. The third-order valence-electron chi connectivity index (χ3n) is 9.60. The van der Waals surface area contributed by atoms with Crippen molar-refractivity contribution < 1.29 is 45.0 Å². The highest BCUT2D eigenvalue weighted by Gasteiger charge is 2.59. The molecule has 6 rings (SSSR count). The van der Waals surface area contributed by atoms with Crippen LogP contribution in [-0.2, 0) is 38.6 Å². The predicted octanol–water partition coefficient (Wildman–Crippen LogP) is 7.53. The van der Waals surface area contributed by atoms with Crippen molar-refractivity contribution in [3.8, 4) is 5.75 Å². The zero-order chi connectivity index (χ0) is 33.1. The lowest BCUT2D eigenvalue weighted by Gasteiger charge is -2.43. The van der Waals surface area contributed by atoms with Gasteiger partial charge in [-0.1, -0.05) is 31.4 Å². The van der Waals surface area contributed by atoms with Crippen LogP contribution in [0, 0.1) is 17.6 Å². The summed E-state index contributed by atoms with van der Waals surface area (Å²) < 4.78 is 102. The van der Waals surface area contributed by atoms with Gasteiger partial charge in [0.15, 0.2) is 9.84 Å². The van der Waals surface area contributed by atoms with Gasteiger partial charge >= 0.3 is 6.18 Å². The van der Waals surface area contributed by atoms with Gasteiger partial charge in [0.05, 0.1) is 10.5 Å². The van der Waals surface area contributed by atoms with E-state index in [0.717, 1.165) is 55.3 Å². The summed E-state index contributed by atoms with van der Waals surface area (Å²) in [4.78, 5) is 10.8.